The first kappa shape index (κ1) is 18.0. The van der Waals surface area contributed by atoms with E-state index in [0.29, 0.717) is 10.6 Å². The molecule has 0 saturated heterocycles. The van der Waals surface area contributed by atoms with Gasteiger partial charge < -0.3 is 10.1 Å². The van der Waals surface area contributed by atoms with Crippen molar-refractivity contribution in [3.05, 3.63) is 59.7 Å². The monoisotopic (exact) mass is 359 g/mol. The maximum Gasteiger partial charge on any atom is 0.175 e. The Hall–Kier alpha value is -1.85. The van der Waals surface area contributed by atoms with Crippen LogP contribution in [-0.4, -0.2) is 26.3 Å². The number of hydrogen-bond acceptors (Lipinski definition) is 4. The molecule has 1 aliphatic rings. The van der Waals surface area contributed by atoms with Crippen molar-refractivity contribution in [2.75, 3.05) is 6.26 Å². The van der Waals surface area contributed by atoms with Gasteiger partial charge in [0.2, 0.25) is 0 Å². The molecule has 0 heterocycles. The molecule has 0 saturated carbocycles. The van der Waals surface area contributed by atoms with Crippen LogP contribution in [0.15, 0.2) is 53.4 Å². The van der Waals surface area contributed by atoms with Crippen molar-refractivity contribution in [1.29, 1.82) is 0 Å². The van der Waals surface area contributed by atoms with E-state index < -0.39 is 9.84 Å². The van der Waals surface area contributed by atoms with Crippen LogP contribution in [0.5, 0.6) is 5.75 Å². The predicted molar refractivity (Wildman–Crippen MR) is 99.7 cm³/mol. The summed E-state index contributed by atoms with van der Waals surface area (Å²) in [5.41, 5.74) is 2.47. The van der Waals surface area contributed by atoms with E-state index in [0.717, 1.165) is 6.42 Å². The van der Waals surface area contributed by atoms with Gasteiger partial charge in [0.1, 0.15) is 11.9 Å². The van der Waals surface area contributed by atoms with E-state index in [1.54, 1.807) is 24.3 Å². The van der Waals surface area contributed by atoms with Crippen LogP contribution in [0.4, 0.5) is 0 Å². The minimum Gasteiger partial charge on any atom is -0.484 e. The van der Waals surface area contributed by atoms with Gasteiger partial charge in [-0.05, 0) is 62.6 Å². The lowest BCUT2D eigenvalue weighted by Gasteiger charge is -2.30. The van der Waals surface area contributed by atoms with Crippen molar-refractivity contribution in [2.45, 2.75) is 49.8 Å². The molecule has 0 amide bonds. The topological polar surface area (TPSA) is 55.4 Å². The van der Waals surface area contributed by atoms with Crippen molar-refractivity contribution < 1.29 is 13.2 Å². The molecule has 2 atom stereocenters. The van der Waals surface area contributed by atoms with E-state index in [1.165, 1.54) is 17.4 Å². The van der Waals surface area contributed by atoms with Crippen molar-refractivity contribution in [1.82, 2.24) is 5.32 Å². The van der Waals surface area contributed by atoms with Crippen LogP contribution in [0.3, 0.4) is 0 Å². The molecule has 25 heavy (non-hydrogen) atoms. The van der Waals surface area contributed by atoms with Gasteiger partial charge >= 0.3 is 0 Å². The predicted octanol–water partition coefficient (Wildman–Crippen LogP) is 3.52. The van der Waals surface area contributed by atoms with E-state index in [4.69, 9.17) is 4.74 Å². The van der Waals surface area contributed by atoms with Gasteiger partial charge in [-0.3, -0.25) is 0 Å². The summed E-state index contributed by atoms with van der Waals surface area (Å²) in [6, 6.07) is 15.1. The smallest absolute Gasteiger partial charge is 0.175 e. The van der Waals surface area contributed by atoms with E-state index in [2.05, 4.69) is 44.3 Å². The second kappa shape index (κ2) is 6.46. The molecule has 2 aromatic rings. The molecule has 4 nitrogen and oxygen atoms in total. The molecule has 0 radical (unpaired) electrons. The van der Waals surface area contributed by atoms with Crippen molar-refractivity contribution in [3.8, 4) is 5.75 Å². The third-order valence-corrected chi connectivity index (χ3v) is 5.43. The van der Waals surface area contributed by atoms with Crippen LogP contribution in [0.25, 0.3) is 0 Å². The first-order valence-corrected chi connectivity index (χ1v) is 10.3. The third kappa shape index (κ3) is 4.22. The number of hydrogen-bond donors (Lipinski definition) is 1. The van der Waals surface area contributed by atoms with Gasteiger partial charge in [0, 0.05) is 11.8 Å². The lowest BCUT2D eigenvalue weighted by atomic mass is 10.0. The number of rotatable bonds is 4. The minimum absolute atomic E-state index is 0.0194. The van der Waals surface area contributed by atoms with E-state index in [9.17, 15) is 8.42 Å². The Kier molecular flexibility index (Phi) is 4.64. The normalized spacial score (nSPS) is 20.3. The average Bonchev–Trinajstić information content (AvgIpc) is 2.83. The first-order chi connectivity index (χ1) is 11.6. The first-order valence-electron chi connectivity index (χ1n) is 8.46. The Bertz CT molecular complexity index is 851. The zero-order valence-corrected chi connectivity index (χ0v) is 15.9. The lowest BCUT2D eigenvalue weighted by Crippen LogP contribution is -2.46. The van der Waals surface area contributed by atoms with Gasteiger partial charge in [-0.2, -0.15) is 0 Å². The molecular formula is C20H25NO3S. The number of fused-ring (bicyclic) bond motifs is 1. The van der Waals surface area contributed by atoms with Gasteiger partial charge in [-0.25, -0.2) is 8.42 Å². The van der Waals surface area contributed by atoms with E-state index >= 15 is 0 Å². The summed E-state index contributed by atoms with van der Waals surface area (Å²) in [5, 5.41) is 3.65. The van der Waals surface area contributed by atoms with E-state index in [1.807, 2.05) is 6.07 Å². The Balaban J connectivity index is 1.87. The zero-order chi connectivity index (χ0) is 18.2. The van der Waals surface area contributed by atoms with Crippen LogP contribution in [0.2, 0.25) is 0 Å². The van der Waals surface area contributed by atoms with Crippen LogP contribution < -0.4 is 10.1 Å². The van der Waals surface area contributed by atoms with Crippen molar-refractivity contribution in [3.63, 3.8) is 0 Å². The summed E-state index contributed by atoms with van der Waals surface area (Å²) in [7, 11) is -3.20. The summed E-state index contributed by atoms with van der Waals surface area (Å²) < 4.78 is 29.5. The van der Waals surface area contributed by atoms with Gasteiger partial charge in [0.15, 0.2) is 9.84 Å². The molecule has 0 fully saturated rings. The Labute approximate surface area is 150 Å². The second-order valence-electron chi connectivity index (χ2n) is 7.69. The maximum atomic E-state index is 11.6. The highest BCUT2D eigenvalue weighted by Crippen LogP contribution is 2.36. The van der Waals surface area contributed by atoms with Gasteiger partial charge in [-0.15, -0.1) is 0 Å². The summed E-state index contributed by atoms with van der Waals surface area (Å²) >= 11 is 0. The van der Waals surface area contributed by atoms with Crippen LogP contribution in [0, 0.1) is 0 Å². The Morgan fingerprint density at radius 3 is 2.28 bits per heavy atom. The minimum atomic E-state index is -3.20. The van der Waals surface area contributed by atoms with Crippen LogP contribution in [0.1, 0.15) is 38.0 Å². The molecule has 0 aromatic heterocycles. The lowest BCUT2D eigenvalue weighted by molar-refractivity contribution is 0.150. The van der Waals surface area contributed by atoms with Gasteiger partial charge in [0.25, 0.3) is 0 Å². The summed E-state index contributed by atoms with van der Waals surface area (Å²) in [5.74, 6) is 0.676. The molecule has 2 unspecified atom stereocenters. The average molecular weight is 359 g/mol. The molecule has 1 N–H and O–H groups in total. The number of ether oxygens (including phenoxy) is 1. The third-order valence-electron chi connectivity index (χ3n) is 4.30. The Morgan fingerprint density at radius 2 is 1.68 bits per heavy atom. The van der Waals surface area contributed by atoms with Crippen molar-refractivity contribution >= 4 is 9.84 Å². The quantitative estimate of drug-likeness (QED) is 0.907. The molecule has 0 spiro atoms. The molecule has 0 bridgehead atoms. The maximum absolute atomic E-state index is 11.6. The molecule has 5 heteroatoms. The SMILES string of the molecule is CC(C)(C)NC1Cc2ccccc2C1Oc1ccc(S(C)(=O)=O)cc1. The zero-order valence-electron chi connectivity index (χ0n) is 15.1. The summed E-state index contributed by atoms with van der Waals surface area (Å²) in [6.07, 6.45) is 2.03. The molecule has 134 valence electrons. The molecule has 3 rings (SSSR count). The standard InChI is InChI=1S/C20H25NO3S/c1-20(2,3)21-18-13-14-7-5-6-8-17(14)19(18)24-15-9-11-16(12-10-15)25(4,22)23/h5-12,18-19,21H,13H2,1-4H3. The number of nitrogens with one attached hydrogen (secondary N) is 1. The number of benzene rings is 2. The fourth-order valence-electron chi connectivity index (χ4n) is 3.30. The highest BCUT2D eigenvalue weighted by Gasteiger charge is 2.36. The highest BCUT2D eigenvalue weighted by atomic mass is 32.2. The van der Waals surface area contributed by atoms with E-state index in [-0.39, 0.29) is 17.7 Å². The Morgan fingerprint density at radius 1 is 1.04 bits per heavy atom. The highest BCUT2D eigenvalue weighted by molar-refractivity contribution is 7.90. The second-order valence-corrected chi connectivity index (χ2v) is 9.70. The van der Waals surface area contributed by atoms with Gasteiger partial charge in [-0.1, -0.05) is 24.3 Å². The van der Waals surface area contributed by atoms with Crippen molar-refractivity contribution in [2.24, 2.45) is 0 Å². The molecule has 2 aromatic carbocycles. The molecule has 1 aliphatic carbocycles. The fraction of sp³-hybridized carbons (Fsp3) is 0.400. The van der Waals surface area contributed by atoms with Crippen LogP contribution in [-0.2, 0) is 16.3 Å². The largest absolute Gasteiger partial charge is 0.484 e. The summed E-state index contributed by atoms with van der Waals surface area (Å²) in [4.78, 5) is 0.302. The molecular weight excluding hydrogens is 334 g/mol. The fourth-order valence-corrected chi connectivity index (χ4v) is 3.93. The molecule has 0 aliphatic heterocycles. The van der Waals surface area contributed by atoms with Crippen LogP contribution >= 0.6 is 0 Å². The van der Waals surface area contributed by atoms with Gasteiger partial charge in [0.05, 0.1) is 10.9 Å². The number of sulfone groups is 1. The summed E-state index contributed by atoms with van der Waals surface area (Å²) in [6.45, 7) is 6.44.